The molecule has 20 heavy (non-hydrogen) atoms. The number of rotatable bonds is 8. The molecule has 6 heteroatoms. The van der Waals surface area contributed by atoms with Crippen LogP contribution < -0.4 is 5.32 Å². The Balaban J connectivity index is 1.31. The highest BCUT2D eigenvalue weighted by molar-refractivity contribution is 4.92. The summed E-state index contributed by atoms with van der Waals surface area (Å²) in [4.78, 5) is 0. The zero-order valence-electron chi connectivity index (χ0n) is 12.0. The largest absolute Gasteiger partial charge is 0.353 e. The van der Waals surface area contributed by atoms with Crippen LogP contribution in [0.4, 0.5) is 0 Å². The van der Waals surface area contributed by atoms with Gasteiger partial charge in [-0.05, 0) is 44.6 Å². The molecule has 0 radical (unpaired) electrons. The summed E-state index contributed by atoms with van der Waals surface area (Å²) < 4.78 is 13.1. The highest BCUT2D eigenvalue weighted by Crippen LogP contribution is 2.27. The van der Waals surface area contributed by atoms with Crippen LogP contribution in [0.3, 0.4) is 0 Å². The van der Waals surface area contributed by atoms with Crippen LogP contribution in [0.5, 0.6) is 0 Å². The van der Waals surface area contributed by atoms with Crippen molar-refractivity contribution in [1.82, 2.24) is 20.3 Å². The lowest BCUT2D eigenvalue weighted by atomic mass is 10.2. The zero-order valence-corrected chi connectivity index (χ0v) is 12.0. The molecule has 1 saturated heterocycles. The summed E-state index contributed by atoms with van der Waals surface area (Å²) in [6.45, 7) is 4.10. The van der Waals surface area contributed by atoms with Gasteiger partial charge in [0.2, 0.25) is 0 Å². The fourth-order valence-electron chi connectivity index (χ4n) is 2.38. The molecule has 0 bridgehead atoms. The summed E-state index contributed by atoms with van der Waals surface area (Å²) >= 11 is 0. The van der Waals surface area contributed by atoms with Crippen molar-refractivity contribution >= 4 is 0 Å². The maximum Gasteiger partial charge on any atom is 0.157 e. The fraction of sp³-hybridized carbons (Fsp3) is 0.857. The monoisotopic (exact) mass is 280 g/mol. The van der Waals surface area contributed by atoms with Crippen LogP contribution in [-0.4, -0.2) is 41.0 Å². The lowest BCUT2D eigenvalue weighted by molar-refractivity contribution is -0.163. The van der Waals surface area contributed by atoms with Gasteiger partial charge in [-0.25, -0.2) is 4.68 Å². The van der Waals surface area contributed by atoms with E-state index in [0.29, 0.717) is 6.61 Å². The second kappa shape index (κ2) is 7.15. The van der Waals surface area contributed by atoms with Crippen molar-refractivity contribution in [3.05, 3.63) is 11.9 Å². The minimum atomic E-state index is -0.0213. The van der Waals surface area contributed by atoms with Crippen molar-refractivity contribution in [3.63, 3.8) is 0 Å². The van der Waals surface area contributed by atoms with Crippen LogP contribution in [0.2, 0.25) is 0 Å². The van der Waals surface area contributed by atoms with Crippen molar-refractivity contribution in [2.45, 2.75) is 51.5 Å². The normalized spacial score (nSPS) is 23.1. The molecule has 112 valence electrons. The molecule has 2 fully saturated rings. The van der Waals surface area contributed by atoms with Gasteiger partial charge in [0.1, 0.15) is 0 Å². The molecule has 1 aliphatic heterocycles. The Morgan fingerprint density at radius 1 is 1.35 bits per heavy atom. The minimum absolute atomic E-state index is 0.0213. The Morgan fingerprint density at radius 2 is 2.30 bits per heavy atom. The topological polar surface area (TPSA) is 61.2 Å². The summed E-state index contributed by atoms with van der Waals surface area (Å²) in [6.07, 6.45) is 8.08. The van der Waals surface area contributed by atoms with Gasteiger partial charge < -0.3 is 14.8 Å². The first kappa shape index (κ1) is 14.0. The quantitative estimate of drug-likeness (QED) is 0.778. The summed E-state index contributed by atoms with van der Waals surface area (Å²) in [5, 5.41) is 11.7. The zero-order chi connectivity index (χ0) is 13.6. The summed E-state index contributed by atoms with van der Waals surface area (Å²) in [6, 6.07) is 0. The van der Waals surface area contributed by atoms with E-state index >= 15 is 0 Å². The predicted octanol–water partition coefficient (Wildman–Crippen LogP) is 1.32. The van der Waals surface area contributed by atoms with Gasteiger partial charge in [0, 0.05) is 19.3 Å². The molecule has 1 unspecified atom stereocenters. The Labute approximate surface area is 119 Å². The van der Waals surface area contributed by atoms with E-state index in [0.717, 1.165) is 50.7 Å². The molecule has 1 atom stereocenters. The first-order valence-corrected chi connectivity index (χ1v) is 7.73. The highest BCUT2D eigenvalue weighted by Gasteiger charge is 2.20. The lowest BCUT2D eigenvalue weighted by Gasteiger charge is -2.22. The summed E-state index contributed by atoms with van der Waals surface area (Å²) in [5.41, 5.74) is 1.000. The minimum Gasteiger partial charge on any atom is -0.353 e. The third-order valence-corrected chi connectivity index (χ3v) is 3.78. The third kappa shape index (κ3) is 4.54. The van der Waals surface area contributed by atoms with E-state index in [2.05, 4.69) is 15.6 Å². The molecule has 1 aromatic rings. The van der Waals surface area contributed by atoms with Gasteiger partial charge in [-0.15, -0.1) is 5.10 Å². The van der Waals surface area contributed by atoms with E-state index in [1.165, 1.54) is 19.3 Å². The van der Waals surface area contributed by atoms with Crippen molar-refractivity contribution in [1.29, 1.82) is 0 Å². The van der Waals surface area contributed by atoms with Crippen molar-refractivity contribution in [2.75, 3.05) is 19.8 Å². The number of nitrogens with one attached hydrogen (secondary N) is 1. The van der Waals surface area contributed by atoms with Crippen molar-refractivity contribution in [2.24, 2.45) is 5.92 Å². The first-order valence-electron chi connectivity index (χ1n) is 7.73. The average Bonchev–Trinajstić information content (AvgIpc) is 3.19. The molecular weight excluding hydrogens is 256 g/mol. The van der Waals surface area contributed by atoms with Crippen LogP contribution in [0, 0.1) is 5.92 Å². The maximum absolute atomic E-state index is 5.69. The summed E-state index contributed by atoms with van der Waals surface area (Å²) in [5.74, 6) is 0.897. The van der Waals surface area contributed by atoms with E-state index in [4.69, 9.17) is 9.47 Å². The number of hydrogen-bond acceptors (Lipinski definition) is 5. The number of nitrogens with zero attached hydrogens (tertiary/aromatic N) is 3. The van der Waals surface area contributed by atoms with Crippen molar-refractivity contribution < 1.29 is 9.47 Å². The molecule has 2 aliphatic rings. The Kier molecular flexibility index (Phi) is 5.00. The SMILES string of the molecule is c1c(CNCC2CC2)nnn1CCOC1CCCCO1. The predicted molar refractivity (Wildman–Crippen MR) is 74.0 cm³/mol. The van der Waals surface area contributed by atoms with Gasteiger partial charge in [-0.3, -0.25) is 0 Å². The Morgan fingerprint density at radius 3 is 3.10 bits per heavy atom. The van der Waals surface area contributed by atoms with Crippen molar-refractivity contribution in [3.8, 4) is 0 Å². The van der Waals surface area contributed by atoms with Crippen LogP contribution >= 0.6 is 0 Å². The van der Waals surface area contributed by atoms with E-state index in [-0.39, 0.29) is 6.29 Å². The number of hydrogen-bond donors (Lipinski definition) is 1. The first-order chi connectivity index (χ1) is 9.90. The summed E-state index contributed by atoms with van der Waals surface area (Å²) in [7, 11) is 0. The number of aromatic nitrogens is 3. The Bertz CT molecular complexity index is 400. The third-order valence-electron chi connectivity index (χ3n) is 3.78. The molecular formula is C14H24N4O2. The average molecular weight is 280 g/mol. The van der Waals surface area contributed by atoms with E-state index < -0.39 is 0 Å². The highest BCUT2D eigenvalue weighted by atomic mass is 16.7. The molecule has 2 heterocycles. The molecule has 0 amide bonds. The maximum atomic E-state index is 5.69. The standard InChI is InChI=1S/C14H24N4O2/c1-2-7-19-14(3-1)20-8-6-18-11-13(16-17-18)10-15-9-12-4-5-12/h11-12,14-15H,1-10H2. The van der Waals surface area contributed by atoms with Gasteiger partial charge in [0.05, 0.1) is 18.8 Å². The fourth-order valence-corrected chi connectivity index (χ4v) is 2.38. The second-order valence-electron chi connectivity index (χ2n) is 5.71. The van der Waals surface area contributed by atoms with Crippen LogP contribution in [-0.2, 0) is 22.6 Å². The molecule has 1 saturated carbocycles. The second-order valence-corrected chi connectivity index (χ2v) is 5.71. The van der Waals surface area contributed by atoms with Crippen LogP contribution in [0.25, 0.3) is 0 Å². The van der Waals surface area contributed by atoms with Gasteiger partial charge in [-0.1, -0.05) is 5.21 Å². The van der Waals surface area contributed by atoms with Crippen LogP contribution in [0.15, 0.2) is 6.20 Å². The molecule has 0 aromatic carbocycles. The molecule has 1 N–H and O–H groups in total. The molecule has 0 spiro atoms. The van der Waals surface area contributed by atoms with Gasteiger partial charge in [0.15, 0.2) is 6.29 Å². The van der Waals surface area contributed by atoms with Gasteiger partial charge in [0.25, 0.3) is 0 Å². The van der Waals surface area contributed by atoms with Crippen LogP contribution in [0.1, 0.15) is 37.8 Å². The van der Waals surface area contributed by atoms with E-state index in [9.17, 15) is 0 Å². The molecule has 3 rings (SSSR count). The smallest absolute Gasteiger partial charge is 0.157 e. The van der Waals surface area contributed by atoms with E-state index in [1.807, 2.05) is 10.9 Å². The van der Waals surface area contributed by atoms with Gasteiger partial charge >= 0.3 is 0 Å². The molecule has 1 aliphatic carbocycles. The number of ether oxygens (including phenoxy) is 2. The van der Waals surface area contributed by atoms with E-state index in [1.54, 1.807) is 0 Å². The molecule has 6 nitrogen and oxygen atoms in total. The van der Waals surface area contributed by atoms with Gasteiger partial charge in [-0.2, -0.15) is 0 Å². The Hall–Kier alpha value is -0.980. The molecule has 1 aromatic heterocycles. The lowest BCUT2D eigenvalue weighted by Crippen LogP contribution is -2.24.